The monoisotopic (exact) mass is 343 g/mol. The van der Waals surface area contributed by atoms with Crippen molar-refractivity contribution in [3.05, 3.63) is 29.3 Å². The molecule has 6 heteroatoms. The first-order valence-corrected chi connectivity index (χ1v) is 8.68. The number of carbonyl (C=O) groups excluding carboxylic acids is 3. The summed E-state index contributed by atoms with van der Waals surface area (Å²) in [6.07, 6.45) is 1.57. The largest absolute Gasteiger partial charge is 0.462 e. The summed E-state index contributed by atoms with van der Waals surface area (Å²) in [7, 11) is 0. The van der Waals surface area contributed by atoms with Gasteiger partial charge in [-0.1, -0.05) is 12.1 Å². The number of rotatable bonds is 4. The molecule has 5 atom stereocenters. The molecule has 0 aromatic heterocycles. The molecule has 0 spiro atoms. The van der Waals surface area contributed by atoms with Gasteiger partial charge in [-0.05, 0) is 49.8 Å². The first-order valence-electron chi connectivity index (χ1n) is 8.68. The van der Waals surface area contributed by atoms with Gasteiger partial charge < -0.3 is 14.8 Å². The van der Waals surface area contributed by atoms with Crippen LogP contribution in [0.2, 0.25) is 0 Å². The molecule has 4 rings (SSSR count). The molecular formula is C19H21NO5. The van der Waals surface area contributed by atoms with Gasteiger partial charge in [0.25, 0.3) is 5.91 Å². The second-order valence-corrected chi connectivity index (χ2v) is 7.40. The Balaban J connectivity index is 1.35. The number of anilines is 1. The summed E-state index contributed by atoms with van der Waals surface area (Å²) in [5.41, 5.74) is 2.69. The molecule has 1 aromatic rings. The van der Waals surface area contributed by atoms with E-state index in [9.17, 15) is 14.4 Å². The number of benzene rings is 1. The van der Waals surface area contributed by atoms with Crippen molar-refractivity contribution in [2.24, 2.45) is 23.7 Å². The van der Waals surface area contributed by atoms with Crippen molar-refractivity contribution in [3.8, 4) is 0 Å². The van der Waals surface area contributed by atoms with Crippen molar-refractivity contribution in [2.75, 3.05) is 11.9 Å². The number of ether oxygens (including phenoxy) is 2. The lowest BCUT2D eigenvalue weighted by atomic mass is 9.80. The summed E-state index contributed by atoms with van der Waals surface area (Å²) < 4.78 is 10.5. The second-order valence-electron chi connectivity index (χ2n) is 7.40. The highest BCUT2D eigenvalue weighted by atomic mass is 16.6. The van der Waals surface area contributed by atoms with Gasteiger partial charge in [-0.2, -0.15) is 0 Å². The number of amides is 1. The van der Waals surface area contributed by atoms with Gasteiger partial charge in [-0.3, -0.25) is 14.4 Å². The summed E-state index contributed by atoms with van der Waals surface area (Å²) >= 11 is 0. The molecule has 3 aliphatic rings. The maximum atomic E-state index is 12.4. The van der Waals surface area contributed by atoms with Crippen molar-refractivity contribution in [1.29, 1.82) is 0 Å². The Hall–Kier alpha value is -2.37. The molecule has 25 heavy (non-hydrogen) atoms. The Morgan fingerprint density at radius 1 is 1.28 bits per heavy atom. The number of carbonyl (C=O) groups is 3. The smallest absolute Gasteiger partial charge is 0.310 e. The second kappa shape index (κ2) is 5.86. The summed E-state index contributed by atoms with van der Waals surface area (Å²) in [5, 5.41) is 2.77. The predicted octanol–water partition coefficient (Wildman–Crippen LogP) is 1.98. The van der Waals surface area contributed by atoms with Gasteiger partial charge >= 0.3 is 11.9 Å². The van der Waals surface area contributed by atoms with Crippen molar-refractivity contribution < 1.29 is 23.9 Å². The van der Waals surface area contributed by atoms with E-state index in [1.165, 1.54) is 0 Å². The summed E-state index contributed by atoms with van der Waals surface area (Å²) in [6, 6.07) is 5.77. The van der Waals surface area contributed by atoms with Crippen LogP contribution < -0.4 is 5.32 Å². The fraction of sp³-hybridized carbons (Fsp3) is 0.526. The molecule has 2 bridgehead atoms. The minimum absolute atomic E-state index is 0.0147. The Morgan fingerprint density at radius 3 is 2.88 bits per heavy atom. The molecule has 1 aliphatic heterocycles. The van der Waals surface area contributed by atoms with E-state index in [0.29, 0.717) is 5.69 Å². The van der Waals surface area contributed by atoms with Crippen LogP contribution in [0.4, 0.5) is 5.69 Å². The van der Waals surface area contributed by atoms with Crippen molar-refractivity contribution in [3.63, 3.8) is 0 Å². The maximum absolute atomic E-state index is 12.4. The van der Waals surface area contributed by atoms with Gasteiger partial charge in [-0.25, -0.2) is 0 Å². The average molecular weight is 343 g/mol. The molecule has 2 aliphatic carbocycles. The van der Waals surface area contributed by atoms with E-state index < -0.39 is 11.9 Å². The van der Waals surface area contributed by atoms with Gasteiger partial charge in [0.05, 0.1) is 11.8 Å². The van der Waals surface area contributed by atoms with Crippen LogP contribution in [-0.4, -0.2) is 30.6 Å². The van der Waals surface area contributed by atoms with Crippen LogP contribution >= 0.6 is 0 Å². The number of fused-ring (bicyclic) bond motifs is 1. The number of esters is 2. The normalized spacial score (nSPS) is 31.8. The van der Waals surface area contributed by atoms with Gasteiger partial charge in [-0.15, -0.1) is 0 Å². The SMILES string of the molecule is Cc1ccc(C)c(NC(=O)COC(=O)[C@H]2[C@@H]3C[C@@H]4[C@@H]2C(=O)O[C@@H]4C3)c1. The van der Waals surface area contributed by atoms with Crippen LogP contribution in [0, 0.1) is 37.5 Å². The molecule has 6 nitrogen and oxygen atoms in total. The molecule has 1 amide bonds. The highest BCUT2D eigenvalue weighted by molar-refractivity contribution is 5.94. The maximum Gasteiger partial charge on any atom is 0.310 e. The summed E-state index contributed by atoms with van der Waals surface area (Å²) in [5.74, 6) is -1.65. The Labute approximate surface area is 145 Å². The molecule has 1 heterocycles. The zero-order valence-electron chi connectivity index (χ0n) is 14.3. The first-order chi connectivity index (χ1) is 11.9. The molecule has 1 N–H and O–H groups in total. The summed E-state index contributed by atoms with van der Waals surface area (Å²) in [4.78, 5) is 36.5. The molecule has 1 saturated heterocycles. The first kappa shape index (κ1) is 16.1. The number of hydrogen-bond donors (Lipinski definition) is 1. The molecule has 3 fully saturated rings. The lowest BCUT2D eigenvalue weighted by Crippen LogP contribution is -2.35. The Bertz CT molecular complexity index is 756. The van der Waals surface area contributed by atoms with Gasteiger partial charge in [0.15, 0.2) is 6.61 Å². The fourth-order valence-corrected chi connectivity index (χ4v) is 4.61. The van der Waals surface area contributed by atoms with Crippen LogP contribution in [0.25, 0.3) is 0 Å². The minimum Gasteiger partial charge on any atom is -0.462 e. The Kier molecular flexibility index (Phi) is 3.78. The van der Waals surface area contributed by atoms with Gasteiger partial charge in [0.2, 0.25) is 0 Å². The number of nitrogens with one attached hydrogen (secondary N) is 1. The van der Waals surface area contributed by atoms with Crippen LogP contribution in [-0.2, 0) is 23.9 Å². The zero-order chi connectivity index (χ0) is 17.7. The topological polar surface area (TPSA) is 81.7 Å². The van der Waals surface area contributed by atoms with Gasteiger partial charge in [0, 0.05) is 11.6 Å². The van der Waals surface area contributed by atoms with E-state index in [1.54, 1.807) is 0 Å². The third kappa shape index (κ3) is 2.69. The molecule has 0 unspecified atom stereocenters. The van der Waals surface area contributed by atoms with Crippen LogP contribution in [0.15, 0.2) is 18.2 Å². The molecule has 132 valence electrons. The predicted molar refractivity (Wildman–Crippen MR) is 88.6 cm³/mol. The third-order valence-electron chi connectivity index (χ3n) is 5.77. The van der Waals surface area contributed by atoms with Crippen LogP contribution in [0.3, 0.4) is 0 Å². The standard InChI is InChI=1S/C19H21NO5/c1-9-3-4-10(2)13(5-9)20-15(21)8-24-18(22)16-11-6-12-14(7-11)25-19(23)17(12)16/h3-5,11-12,14,16-17H,6-8H2,1-2H3,(H,20,21)/t11-,12+,14-,16+,17+/m1/s1. The van der Waals surface area contributed by atoms with E-state index in [0.717, 1.165) is 24.0 Å². The highest BCUT2D eigenvalue weighted by Gasteiger charge is 2.64. The zero-order valence-corrected chi connectivity index (χ0v) is 14.3. The molecule has 0 radical (unpaired) electrons. The van der Waals surface area contributed by atoms with E-state index in [2.05, 4.69) is 5.32 Å². The summed E-state index contributed by atoms with van der Waals surface area (Å²) in [6.45, 7) is 3.50. The van der Waals surface area contributed by atoms with Crippen molar-refractivity contribution in [2.45, 2.75) is 32.8 Å². The van der Waals surface area contributed by atoms with E-state index in [4.69, 9.17) is 9.47 Å². The average Bonchev–Trinajstić information content (AvgIpc) is 3.18. The van der Waals surface area contributed by atoms with Gasteiger partial charge in [0.1, 0.15) is 6.10 Å². The van der Waals surface area contributed by atoms with E-state index in [-0.39, 0.29) is 42.3 Å². The molecule has 1 aromatic carbocycles. The van der Waals surface area contributed by atoms with Crippen molar-refractivity contribution in [1.82, 2.24) is 0 Å². The Morgan fingerprint density at radius 2 is 2.08 bits per heavy atom. The van der Waals surface area contributed by atoms with Crippen LogP contribution in [0.1, 0.15) is 24.0 Å². The highest BCUT2D eigenvalue weighted by Crippen LogP contribution is 2.57. The van der Waals surface area contributed by atoms with E-state index in [1.807, 2.05) is 32.0 Å². The minimum atomic E-state index is -0.454. The lowest BCUT2D eigenvalue weighted by Gasteiger charge is -2.22. The lowest BCUT2D eigenvalue weighted by molar-refractivity contribution is -0.157. The quantitative estimate of drug-likeness (QED) is 0.846. The third-order valence-corrected chi connectivity index (χ3v) is 5.77. The fourth-order valence-electron chi connectivity index (χ4n) is 4.61. The van der Waals surface area contributed by atoms with Crippen LogP contribution in [0.5, 0.6) is 0 Å². The molecular weight excluding hydrogens is 322 g/mol. The number of hydrogen-bond acceptors (Lipinski definition) is 5. The van der Waals surface area contributed by atoms with E-state index >= 15 is 0 Å². The molecule has 2 saturated carbocycles. The number of aryl methyl sites for hydroxylation is 2. The van der Waals surface area contributed by atoms with Crippen molar-refractivity contribution >= 4 is 23.5 Å².